The molecule has 2 saturated carbocycles. The van der Waals surface area contributed by atoms with Crippen LogP contribution in [0.5, 0.6) is 0 Å². The molecule has 5 atom stereocenters. The Balaban J connectivity index is 1.40. The minimum Gasteiger partial charge on any atom is -0.395 e. The van der Waals surface area contributed by atoms with Gasteiger partial charge in [0.2, 0.25) is 0 Å². The molecule has 2 aliphatic carbocycles. The summed E-state index contributed by atoms with van der Waals surface area (Å²) in [6, 6.07) is 0. The standard InChI is InChI=1S/C25H48N2O3/c1-20-6-7-23-24(2,3)9-5-10-25(23,4)22(20)8-17-30-19-21(29)18-27-13-11-26(12-14-27)15-16-28/h20-23,28-29H,5-19H2,1-4H3. The van der Waals surface area contributed by atoms with Crippen molar-refractivity contribution in [1.29, 1.82) is 0 Å². The predicted molar refractivity (Wildman–Crippen MR) is 123 cm³/mol. The molecule has 2 N–H and O–H groups in total. The van der Waals surface area contributed by atoms with Gasteiger partial charge in [-0.3, -0.25) is 9.80 Å². The van der Waals surface area contributed by atoms with Crippen LogP contribution in [0.1, 0.15) is 66.2 Å². The van der Waals surface area contributed by atoms with Gasteiger partial charge in [0.1, 0.15) is 0 Å². The van der Waals surface area contributed by atoms with Crippen LogP contribution in [0.15, 0.2) is 0 Å². The third-order valence-electron chi connectivity index (χ3n) is 8.95. The zero-order chi connectivity index (χ0) is 21.8. The van der Waals surface area contributed by atoms with Gasteiger partial charge in [-0.1, -0.05) is 40.5 Å². The SMILES string of the molecule is CC1CCC2C(C)(C)CCCC2(C)C1CCOCC(O)CN1CCN(CCO)CC1. The number of nitrogens with zero attached hydrogens (tertiary/aromatic N) is 2. The quantitative estimate of drug-likeness (QED) is 0.557. The summed E-state index contributed by atoms with van der Waals surface area (Å²) in [6.07, 6.45) is 7.61. The van der Waals surface area contributed by atoms with E-state index in [1.807, 2.05) is 0 Å². The molecule has 5 unspecified atom stereocenters. The van der Waals surface area contributed by atoms with E-state index in [2.05, 4.69) is 37.5 Å². The fraction of sp³-hybridized carbons (Fsp3) is 1.00. The molecular formula is C25H48N2O3. The Kier molecular flexibility index (Phi) is 8.65. The molecule has 30 heavy (non-hydrogen) atoms. The van der Waals surface area contributed by atoms with E-state index in [9.17, 15) is 5.11 Å². The summed E-state index contributed by atoms with van der Waals surface area (Å²) < 4.78 is 6.00. The summed E-state index contributed by atoms with van der Waals surface area (Å²) in [5.41, 5.74) is 0.930. The Morgan fingerprint density at radius 1 is 1.03 bits per heavy atom. The molecule has 3 rings (SSSR count). The van der Waals surface area contributed by atoms with Gasteiger partial charge in [-0.15, -0.1) is 0 Å². The van der Waals surface area contributed by atoms with Gasteiger partial charge in [-0.2, -0.15) is 0 Å². The maximum atomic E-state index is 10.4. The first-order valence-electron chi connectivity index (χ1n) is 12.6. The molecule has 5 nitrogen and oxygen atoms in total. The van der Waals surface area contributed by atoms with Crippen LogP contribution in [0.25, 0.3) is 0 Å². The molecular weight excluding hydrogens is 376 g/mol. The lowest BCUT2D eigenvalue weighted by Crippen LogP contribution is -2.51. The number of hydrogen-bond donors (Lipinski definition) is 2. The second-order valence-corrected chi connectivity index (χ2v) is 11.4. The van der Waals surface area contributed by atoms with E-state index in [1.165, 1.54) is 32.1 Å². The average Bonchev–Trinajstić information content (AvgIpc) is 2.68. The van der Waals surface area contributed by atoms with Gasteiger partial charge in [0.15, 0.2) is 0 Å². The number of fused-ring (bicyclic) bond motifs is 1. The number of ether oxygens (including phenoxy) is 1. The topological polar surface area (TPSA) is 56.2 Å². The van der Waals surface area contributed by atoms with Gasteiger partial charge in [-0.25, -0.2) is 0 Å². The van der Waals surface area contributed by atoms with Gasteiger partial charge in [0.25, 0.3) is 0 Å². The van der Waals surface area contributed by atoms with Crippen molar-refractivity contribution in [3.05, 3.63) is 0 Å². The summed E-state index contributed by atoms with van der Waals surface area (Å²) >= 11 is 0. The fourth-order valence-electron chi connectivity index (χ4n) is 7.34. The molecule has 1 saturated heterocycles. The van der Waals surface area contributed by atoms with Crippen LogP contribution in [0.3, 0.4) is 0 Å². The van der Waals surface area contributed by atoms with Crippen LogP contribution in [0.2, 0.25) is 0 Å². The first kappa shape index (κ1) is 24.4. The minimum atomic E-state index is -0.407. The predicted octanol–water partition coefficient (Wildman–Crippen LogP) is 3.24. The molecule has 0 bridgehead atoms. The summed E-state index contributed by atoms with van der Waals surface area (Å²) in [5, 5.41) is 19.5. The summed E-state index contributed by atoms with van der Waals surface area (Å²) in [5.74, 6) is 2.37. The van der Waals surface area contributed by atoms with Crippen molar-refractivity contribution in [1.82, 2.24) is 9.80 Å². The molecule has 5 heteroatoms. The molecule has 0 aromatic carbocycles. The third kappa shape index (κ3) is 5.78. The number of rotatable bonds is 9. The molecule has 3 aliphatic rings. The lowest BCUT2D eigenvalue weighted by molar-refractivity contribution is -0.103. The van der Waals surface area contributed by atoms with Crippen molar-refractivity contribution < 1.29 is 14.9 Å². The van der Waals surface area contributed by atoms with Crippen molar-refractivity contribution in [2.24, 2.45) is 28.6 Å². The Morgan fingerprint density at radius 2 is 1.73 bits per heavy atom. The summed E-state index contributed by atoms with van der Waals surface area (Å²) in [6.45, 7) is 16.8. The Labute approximate surface area is 185 Å². The molecule has 1 aliphatic heterocycles. The van der Waals surface area contributed by atoms with Crippen LogP contribution in [-0.4, -0.2) is 85.2 Å². The fourth-order valence-corrected chi connectivity index (χ4v) is 7.34. The lowest BCUT2D eigenvalue weighted by atomic mass is 9.46. The van der Waals surface area contributed by atoms with Crippen molar-refractivity contribution in [2.75, 3.05) is 59.1 Å². The maximum absolute atomic E-state index is 10.4. The Morgan fingerprint density at radius 3 is 2.43 bits per heavy atom. The van der Waals surface area contributed by atoms with Crippen LogP contribution < -0.4 is 0 Å². The van der Waals surface area contributed by atoms with Gasteiger partial charge in [0, 0.05) is 45.9 Å². The van der Waals surface area contributed by atoms with E-state index in [0.29, 0.717) is 24.0 Å². The number of aliphatic hydroxyl groups is 2. The normalized spacial score (nSPS) is 36.4. The first-order valence-corrected chi connectivity index (χ1v) is 12.6. The number of β-amino-alcohol motifs (C(OH)–C–C–N with tert-alkyl or cyclic N) is 2. The summed E-state index contributed by atoms with van der Waals surface area (Å²) in [7, 11) is 0. The second-order valence-electron chi connectivity index (χ2n) is 11.4. The van der Waals surface area contributed by atoms with Crippen molar-refractivity contribution >= 4 is 0 Å². The van der Waals surface area contributed by atoms with Crippen LogP contribution in [0.4, 0.5) is 0 Å². The van der Waals surface area contributed by atoms with E-state index >= 15 is 0 Å². The Bertz CT molecular complexity index is 521. The highest BCUT2D eigenvalue weighted by Crippen LogP contribution is 2.61. The van der Waals surface area contributed by atoms with E-state index in [0.717, 1.165) is 63.5 Å². The molecule has 0 aromatic rings. The monoisotopic (exact) mass is 424 g/mol. The molecule has 0 aromatic heterocycles. The van der Waals surface area contributed by atoms with Gasteiger partial charge in [-0.05, 0) is 54.3 Å². The van der Waals surface area contributed by atoms with Gasteiger partial charge in [0.05, 0.1) is 19.3 Å². The first-order chi connectivity index (χ1) is 14.3. The molecule has 0 radical (unpaired) electrons. The number of hydrogen-bond acceptors (Lipinski definition) is 5. The summed E-state index contributed by atoms with van der Waals surface area (Å²) in [4.78, 5) is 4.60. The molecule has 3 fully saturated rings. The minimum absolute atomic E-state index is 0.230. The zero-order valence-electron chi connectivity index (χ0n) is 20.1. The zero-order valence-corrected chi connectivity index (χ0v) is 20.1. The Hall–Kier alpha value is -0.200. The third-order valence-corrected chi connectivity index (χ3v) is 8.95. The van der Waals surface area contributed by atoms with E-state index in [4.69, 9.17) is 9.84 Å². The van der Waals surface area contributed by atoms with Crippen LogP contribution in [-0.2, 0) is 4.74 Å². The van der Waals surface area contributed by atoms with Gasteiger partial charge >= 0.3 is 0 Å². The highest BCUT2D eigenvalue weighted by atomic mass is 16.5. The van der Waals surface area contributed by atoms with Crippen molar-refractivity contribution in [3.63, 3.8) is 0 Å². The highest BCUT2D eigenvalue weighted by Gasteiger charge is 2.53. The second kappa shape index (κ2) is 10.6. The average molecular weight is 425 g/mol. The number of aliphatic hydroxyl groups excluding tert-OH is 2. The van der Waals surface area contributed by atoms with E-state index in [1.54, 1.807) is 0 Å². The van der Waals surface area contributed by atoms with Gasteiger partial charge < -0.3 is 14.9 Å². The maximum Gasteiger partial charge on any atom is 0.0900 e. The molecule has 176 valence electrons. The van der Waals surface area contributed by atoms with E-state index < -0.39 is 6.10 Å². The smallest absolute Gasteiger partial charge is 0.0900 e. The lowest BCUT2D eigenvalue weighted by Gasteiger charge is -2.59. The van der Waals surface area contributed by atoms with Crippen LogP contribution in [0, 0.1) is 28.6 Å². The molecule has 1 heterocycles. The van der Waals surface area contributed by atoms with E-state index in [-0.39, 0.29) is 6.61 Å². The van der Waals surface area contributed by atoms with Crippen molar-refractivity contribution in [2.45, 2.75) is 72.3 Å². The highest BCUT2D eigenvalue weighted by molar-refractivity contribution is 5.02. The molecule has 0 amide bonds. The van der Waals surface area contributed by atoms with Crippen molar-refractivity contribution in [3.8, 4) is 0 Å². The molecule has 0 spiro atoms. The largest absolute Gasteiger partial charge is 0.395 e. The number of piperazine rings is 1. The van der Waals surface area contributed by atoms with Crippen LogP contribution >= 0.6 is 0 Å².